The van der Waals surface area contributed by atoms with Crippen LogP contribution in [0.15, 0.2) is 249 Å². The van der Waals surface area contributed by atoms with Crippen LogP contribution in [0.3, 0.4) is 0 Å². The minimum atomic E-state index is 1.00. The summed E-state index contributed by atoms with van der Waals surface area (Å²) in [5.41, 5.74) is 17.7. The summed E-state index contributed by atoms with van der Waals surface area (Å²) in [5.74, 6) is 0. The van der Waals surface area contributed by atoms with Crippen LogP contribution in [0.5, 0.6) is 0 Å². The Labute approximate surface area is 403 Å². The molecule has 0 unspecified atom stereocenters. The number of hydrogen-bond acceptors (Lipinski definition) is 2. The van der Waals surface area contributed by atoms with Gasteiger partial charge < -0.3 is 9.13 Å². The summed E-state index contributed by atoms with van der Waals surface area (Å²) in [5, 5.41) is 8.50. The number of rotatable bonds is 7. The van der Waals surface area contributed by atoms with Crippen molar-refractivity contribution >= 4 is 75.0 Å². The highest BCUT2D eigenvalue weighted by atomic mass is 32.1. The fraction of sp³-hybridized carbons (Fsp3) is 0. The van der Waals surface area contributed by atoms with Gasteiger partial charge in [0, 0.05) is 66.2 Å². The second-order valence-corrected chi connectivity index (χ2v) is 18.8. The van der Waals surface area contributed by atoms with E-state index < -0.39 is 0 Å². The summed E-state index contributed by atoms with van der Waals surface area (Å²) in [7, 11) is 0. The number of benzene rings is 10. The SMILES string of the molecule is c1ccc(-c2c(-c3ccccc3)c(-c3ccccc3)c3c(sc4c(-n5ccc6cc(-n7c8ccccc8c8cc(-c9nccc%10ccccc9%10)ccc87)ccc65)cccc43)c2-c2ccccc2)cc1. The lowest BCUT2D eigenvalue weighted by Gasteiger charge is -2.23. The average Bonchev–Trinajstić information content (AvgIpc) is 4.13. The number of thiophene rings is 1. The molecule has 14 aromatic rings. The fourth-order valence-corrected chi connectivity index (χ4v) is 12.4. The van der Waals surface area contributed by atoms with Crippen molar-refractivity contribution in [3.05, 3.63) is 249 Å². The monoisotopic (exact) mass is 895 g/mol. The molecule has 14 rings (SSSR count). The molecule has 0 aliphatic rings. The van der Waals surface area contributed by atoms with Crippen LogP contribution < -0.4 is 0 Å². The van der Waals surface area contributed by atoms with Crippen molar-refractivity contribution in [2.24, 2.45) is 0 Å². The highest BCUT2D eigenvalue weighted by molar-refractivity contribution is 7.27. The first-order chi connectivity index (χ1) is 34.3. The second kappa shape index (κ2) is 15.9. The van der Waals surface area contributed by atoms with E-state index in [0.29, 0.717) is 0 Å². The van der Waals surface area contributed by atoms with E-state index in [-0.39, 0.29) is 0 Å². The van der Waals surface area contributed by atoms with Crippen molar-refractivity contribution in [2.45, 2.75) is 0 Å². The van der Waals surface area contributed by atoms with Gasteiger partial charge in [0.05, 0.1) is 32.6 Å². The molecular formula is C65H41N3S. The molecular weight excluding hydrogens is 855 g/mol. The minimum Gasteiger partial charge on any atom is -0.315 e. The summed E-state index contributed by atoms with van der Waals surface area (Å²) in [4.78, 5) is 4.88. The molecule has 4 aromatic heterocycles. The second-order valence-electron chi connectivity index (χ2n) is 17.8. The van der Waals surface area contributed by atoms with Crippen LogP contribution in [0.2, 0.25) is 0 Å². The van der Waals surface area contributed by atoms with Crippen LogP contribution in [0.4, 0.5) is 0 Å². The van der Waals surface area contributed by atoms with Crippen molar-refractivity contribution in [1.82, 2.24) is 14.1 Å². The van der Waals surface area contributed by atoms with E-state index in [1.807, 2.05) is 17.5 Å². The maximum absolute atomic E-state index is 4.88. The Kier molecular flexibility index (Phi) is 9.07. The Balaban J connectivity index is 0.991. The smallest absolute Gasteiger partial charge is 0.0780 e. The highest BCUT2D eigenvalue weighted by Crippen LogP contribution is 2.55. The molecule has 0 atom stereocenters. The third-order valence-electron chi connectivity index (χ3n) is 14.0. The largest absolute Gasteiger partial charge is 0.315 e. The minimum absolute atomic E-state index is 1.00. The van der Waals surface area contributed by atoms with Crippen molar-refractivity contribution in [3.63, 3.8) is 0 Å². The summed E-state index contributed by atoms with van der Waals surface area (Å²) in [6.07, 6.45) is 4.17. The van der Waals surface area contributed by atoms with Crippen LogP contribution in [-0.2, 0) is 0 Å². The van der Waals surface area contributed by atoms with Gasteiger partial charge in [0.2, 0.25) is 0 Å². The van der Waals surface area contributed by atoms with Crippen molar-refractivity contribution in [3.8, 4) is 67.1 Å². The Morgan fingerprint density at radius 2 is 0.928 bits per heavy atom. The normalized spacial score (nSPS) is 11.8. The van der Waals surface area contributed by atoms with E-state index in [1.54, 1.807) is 0 Å². The number of fused-ring (bicyclic) bond motifs is 8. The molecule has 0 saturated heterocycles. The quantitative estimate of drug-likeness (QED) is 0.156. The summed E-state index contributed by atoms with van der Waals surface area (Å²) in [6.45, 7) is 0. The van der Waals surface area contributed by atoms with Crippen LogP contribution in [-0.4, -0.2) is 14.1 Å². The first-order valence-corrected chi connectivity index (χ1v) is 24.3. The van der Waals surface area contributed by atoms with Crippen LogP contribution in [0.25, 0.3) is 131 Å². The third-order valence-corrected chi connectivity index (χ3v) is 15.2. The lowest BCUT2D eigenvalue weighted by molar-refractivity contribution is 1.14. The molecule has 0 fully saturated rings. The van der Waals surface area contributed by atoms with Crippen LogP contribution >= 0.6 is 11.3 Å². The van der Waals surface area contributed by atoms with Gasteiger partial charge in [0.15, 0.2) is 0 Å². The molecule has 0 aliphatic carbocycles. The molecule has 0 saturated carbocycles. The molecule has 0 amide bonds. The standard InChI is InChI=1S/C65H41N3S/c1-5-19-43(20-6-1)58-59(44-21-7-2-8-22-44)61(46-25-11-4-12-26-46)65-62(60(58)45-23-9-3-10-24-45)52-29-17-31-57(64(52)69-65)67-39-37-47-40-49(33-35-54(47)67)68-55-30-16-15-28-51(55)53-41-48(32-34-56(53)68)63-50-27-14-13-18-42(50)36-38-66-63/h1-41H. The summed E-state index contributed by atoms with van der Waals surface area (Å²) in [6, 6.07) is 86.3. The topological polar surface area (TPSA) is 22.8 Å². The van der Waals surface area contributed by atoms with E-state index in [1.165, 1.54) is 103 Å². The molecule has 0 N–H and O–H groups in total. The molecule has 10 aromatic carbocycles. The van der Waals surface area contributed by atoms with Gasteiger partial charge in [-0.2, -0.15) is 0 Å². The number of pyridine rings is 1. The van der Waals surface area contributed by atoms with Crippen LogP contribution in [0, 0.1) is 0 Å². The zero-order valence-corrected chi connectivity index (χ0v) is 38.2. The lowest BCUT2D eigenvalue weighted by Crippen LogP contribution is -1.96. The van der Waals surface area contributed by atoms with E-state index in [4.69, 9.17) is 4.98 Å². The molecule has 4 heterocycles. The molecule has 0 bridgehead atoms. The predicted molar refractivity (Wildman–Crippen MR) is 293 cm³/mol. The molecule has 0 aliphatic heterocycles. The van der Waals surface area contributed by atoms with Gasteiger partial charge in [-0.25, -0.2) is 0 Å². The Morgan fingerprint density at radius 1 is 0.348 bits per heavy atom. The first-order valence-electron chi connectivity index (χ1n) is 23.5. The zero-order chi connectivity index (χ0) is 45.4. The van der Waals surface area contributed by atoms with Gasteiger partial charge in [-0.3, -0.25) is 4.98 Å². The van der Waals surface area contributed by atoms with Crippen molar-refractivity contribution in [2.75, 3.05) is 0 Å². The van der Waals surface area contributed by atoms with Gasteiger partial charge >= 0.3 is 0 Å². The molecule has 322 valence electrons. The van der Waals surface area contributed by atoms with Crippen LogP contribution in [0.1, 0.15) is 0 Å². The first kappa shape index (κ1) is 39.3. The lowest BCUT2D eigenvalue weighted by atomic mass is 9.80. The van der Waals surface area contributed by atoms with Gasteiger partial charge in [-0.05, 0) is 98.9 Å². The Bertz CT molecular complexity index is 4270. The predicted octanol–water partition coefficient (Wildman–Crippen LogP) is 18.0. The maximum atomic E-state index is 4.88. The third kappa shape index (κ3) is 6.23. The maximum Gasteiger partial charge on any atom is 0.0780 e. The van der Waals surface area contributed by atoms with Gasteiger partial charge in [0.1, 0.15) is 0 Å². The molecule has 0 spiro atoms. The van der Waals surface area contributed by atoms with Gasteiger partial charge in [-0.15, -0.1) is 11.3 Å². The summed E-state index contributed by atoms with van der Waals surface area (Å²) < 4.78 is 7.35. The summed E-state index contributed by atoms with van der Waals surface area (Å²) >= 11 is 1.91. The van der Waals surface area contributed by atoms with E-state index in [2.05, 4.69) is 252 Å². The molecule has 4 heteroatoms. The number of para-hydroxylation sites is 1. The highest BCUT2D eigenvalue weighted by Gasteiger charge is 2.27. The Morgan fingerprint density at radius 3 is 1.65 bits per heavy atom. The van der Waals surface area contributed by atoms with Crippen molar-refractivity contribution in [1.29, 1.82) is 0 Å². The van der Waals surface area contributed by atoms with E-state index >= 15 is 0 Å². The Hall–Kier alpha value is -8.83. The molecule has 3 nitrogen and oxygen atoms in total. The van der Waals surface area contributed by atoms with Gasteiger partial charge in [-0.1, -0.05) is 182 Å². The number of hydrogen-bond donors (Lipinski definition) is 0. The molecule has 69 heavy (non-hydrogen) atoms. The van der Waals surface area contributed by atoms with Gasteiger partial charge in [0.25, 0.3) is 0 Å². The van der Waals surface area contributed by atoms with E-state index in [9.17, 15) is 0 Å². The fourth-order valence-electron chi connectivity index (χ4n) is 11.0. The number of aromatic nitrogens is 3. The molecule has 0 radical (unpaired) electrons. The van der Waals surface area contributed by atoms with Crippen molar-refractivity contribution < 1.29 is 0 Å². The zero-order valence-electron chi connectivity index (χ0n) is 37.4. The van der Waals surface area contributed by atoms with E-state index in [0.717, 1.165) is 27.8 Å². The average molecular weight is 896 g/mol. The number of nitrogens with zero attached hydrogens (tertiary/aromatic N) is 3.